The van der Waals surface area contributed by atoms with Gasteiger partial charge in [0.05, 0.1) is 4.87 Å². The number of aliphatic imine (C=N–C) groups is 1. The molecule has 0 heterocycles. The Kier molecular flexibility index (Phi) is 2.37. The summed E-state index contributed by atoms with van der Waals surface area (Å²) in [7, 11) is 0. The van der Waals surface area contributed by atoms with Crippen LogP contribution in [0.25, 0.3) is 0 Å². The first-order valence-electron chi connectivity index (χ1n) is 2.15. The zero-order chi connectivity index (χ0) is 5.91. The standard InChI is InChI=1S/C5H11NS/c1-5(2,6-3)7-4/h3H2,1-2,4H3. The van der Waals surface area contributed by atoms with Crippen molar-refractivity contribution in [3.05, 3.63) is 0 Å². The van der Waals surface area contributed by atoms with Gasteiger partial charge in [0.25, 0.3) is 0 Å². The predicted octanol–water partition coefficient (Wildman–Crippen LogP) is 1.79. The molecule has 0 aliphatic heterocycles. The van der Waals surface area contributed by atoms with Gasteiger partial charge in [-0.3, -0.25) is 4.99 Å². The lowest BCUT2D eigenvalue weighted by Crippen LogP contribution is -2.07. The van der Waals surface area contributed by atoms with Gasteiger partial charge in [0.1, 0.15) is 0 Å². The van der Waals surface area contributed by atoms with Crippen molar-refractivity contribution in [1.29, 1.82) is 0 Å². The zero-order valence-corrected chi connectivity index (χ0v) is 5.88. The van der Waals surface area contributed by atoms with E-state index >= 15 is 0 Å². The van der Waals surface area contributed by atoms with Gasteiger partial charge >= 0.3 is 0 Å². The van der Waals surface area contributed by atoms with Crippen LogP contribution < -0.4 is 0 Å². The van der Waals surface area contributed by atoms with Crippen LogP contribution in [0.3, 0.4) is 0 Å². The van der Waals surface area contributed by atoms with Crippen LogP contribution in [0.4, 0.5) is 0 Å². The average molecular weight is 117 g/mol. The minimum Gasteiger partial charge on any atom is -0.284 e. The zero-order valence-electron chi connectivity index (χ0n) is 5.06. The lowest BCUT2D eigenvalue weighted by Gasteiger charge is -2.13. The van der Waals surface area contributed by atoms with Gasteiger partial charge in [-0.2, -0.15) is 0 Å². The molecule has 0 aromatic heterocycles. The number of thioether (sulfide) groups is 1. The summed E-state index contributed by atoms with van der Waals surface area (Å²) in [6.07, 6.45) is 2.02. The molecule has 0 N–H and O–H groups in total. The van der Waals surface area contributed by atoms with Crippen LogP contribution in [0.2, 0.25) is 0 Å². The van der Waals surface area contributed by atoms with Crippen molar-refractivity contribution in [1.82, 2.24) is 0 Å². The highest BCUT2D eigenvalue weighted by Gasteiger charge is 2.09. The Bertz CT molecular complexity index is 68.5. The summed E-state index contributed by atoms with van der Waals surface area (Å²) >= 11 is 1.70. The maximum atomic E-state index is 3.85. The molecular weight excluding hydrogens is 106 g/mol. The molecule has 0 fully saturated rings. The van der Waals surface area contributed by atoms with E-state index < -0.39 is 0 Å². The third-order valence-corrected chi connectivity index (χ3v) is 2.01. The highest BCUT2D eigenvalue weighted by Crippen LogP contribution is 2.20. The van der Waals surface area contributed by atoms with E-state index in [0.29, 0.717) is 0 Å². The molecular formula is C5H11NS. The molecule has 0 atom stereocenters. The second-order valence-electron chi connectivity index (χ2n) is 1.81. The molecule has 0 saturated carbocycles. The molecule has 42 valence electrons. The first kappa shape index (κ1) is 7.02. The Morgan fingerprint density at radius 2 is 2.00 bits per heavy atom. The Hall–Kier alpha value is 0.0200. The molecule has 0 saturated heterocycles. The monoisotopic (exact) mass is 117 g/mol. The van der Waals surface area contributed by atoms with Gasteiger partial charge in [-0.25, -0.2) is 0 Å². The van der Waals surface area contributed by atoms with Gasteiger partial charge in [0.2, 0.25) is 0 Å². The highest BCUT2D eigenvalue weighted by molar-refractivity contribution is 7.99. The molecule has 0 amide bonds. The molecule has 7 heavy (non-hydrogen) atoms. The molecule has 0 aromatic carbocycles. The first-order valence-corrected chi connectivity index (χ1v) is 3.38. The molecule has 0 spiro atoms. The molecule has 0 radical (unpaired) electrons. The SMILES string of the molecule is C=NC(C)(C)SC. The van der Waals surface area contributed by atoms with Crippen molar-refractivity contribution in [2.75, 3.05) is 6.26 Å². The fraction of sp³-hybridized carbons (Fsp3) is 0.800. The van der Waals surface area contributed by atoms with Crippen LogP contribution in [0.1, 0.15) is 13.8 Å². The van der Waals surface area contributed by atoms with E-state index in [1.165, 1.54) is 0 Å². The third kappa shape index (κ3) is 2.68. The summed E-state index contributed by atoms with van der Waals surface area (Å²) in [5.74, 6) is 0. The Balaban J connectivity index is 3.58. The molecule has 0 aliphatic rings. The molecule has 0 aromatic rings. The van der Waals surface area contributed by atoms with E-state index in [1.54, 1.807) is 11.8 Å². The highest BCUT2D eigenvalue weighted by atomic mass is 32.2. The second-order valence-corrected chi connectivity index (χ2v) is 3.22. The fourth-order valence-electron chi connectivity index (χ4n) is 0.0645. The van der Waals surface area contributed by atoms with E-state index in [9.17, 15) is 0 Å². The summed E-state index contributed by atoms with van der Waals surface area (Å²) in [5.41, 5.74) is 0. The van der Waals surface area contributed by atoms with Crippen LogP contribution in [-0.4, -0.2) is 17.8 Å². The quantitative estimate of drug-likeness (QED) is 0.502. The van der Waals surface area contributed by atoms with Crippen molar-refractivity contribution in [2.24, 2.45) is 4.99 Å². The molecule has 0 aliphatic carbocycles. The maximum absolute atomic E-state index is 3.85. The Morgan fingerprint density at radius 1 is 1.57 bits per heavy atom. The van der Waals surface area contributed by atoms with Crippen LogP contribution >= 0.6 is 11.8 Å². The van der Waals surface area contributed by atoms with Gasteiger partial charge in [-0.05, 0) is 26.8 Å². The van der Waals surface area contributed by atoms with E-state index in [2.05, 4.69) is 11.7 Å². The summed E-state index contributed by atoms with van der Waals surface area (Å²) in [6, 6.07) is 0. The van der Waals surface area contributed by atoms with Gasteiger partial charge in [0, 0.05) is 0 Å². The van der Waals surface area contributed by atoms with Gasteiger partial charge in [-0.1, -0.05) is 0 Å². The van der Waals surface area contributed by atoms with Crippen molar-refractivity contribution >= 4 is 18.5 Å². The normalized spacial score (nSPS) is 11.3. The van der Waals surface area contributed by atoms with Crippen LogP contribution in [0, 0.1) is 0 Å². The number of nitrogens with zero attached hydrogens (tertiary/aromatic N) is 1. The van der Waals surface area contributed by atoms with E-state index in [0.717, 1.165) is 0 Å². The van der Waals surface area contributed by atoms with E-state index in [4.69, 9.17) is 0 Å². The van der Waals surface area contributed by atoms with Gasteiger partial charge < -0.3 is 0 Å². The van der Waals surface area contributed by atoms with Crippen molar-refractivity contribution in [3.63, 3.8) is 0 Å². The summed E-state index contributed by atoms with van der Waals surface area (Å²) in [5, 5.41) is 0. The maximum Gasteiger partial charge on any atom is 0.0991 e. The lowest BCUT2D eigenvalue weighted by molar-refractivity contribution is 0.771. The van der Waals surface area contributed by atoms with Crippen molar-refractivity contribution in [3.8, 4) is 0 Å². The molecule has 0 unspecified atom stereocenters. The Morgan fingerprint density at radius 3 is 2.00 bits per heavy atom. The second kappa shape index (κ2) is 2.36. The van der Waals surface area contributed by atoms with Crippen LogP contribution in [0.5, 0.6) is 0 Å². The number of rotatable bonds is 2. The minimum absolute atomic E-state index is 0.0139. The smallest absolute Gasteiger partial charge is 0.0991 e. The molecule has 0 rings (SSSR count). The van der Waals surface area contributed by atoms with Crippen molar-refractivity contribution < 1.29 is 0 Å². The lowest BCUT2D eigenvalue weighted by atomic mass is 10.4. The topological polar surface area (TPSA) is 12.4 Å². The van der Waals surface area contributed by atoms with Gasteiger partial charge in [-0.15, -0.1) is 11.8 Å². The number of hydrogen-bond donors (Lipinski definition) is 0. The van der Waals surface area contributed by atoms with E-state index in [1.807, 2.05) is 20.1 Å². The average Bonchev–Trinajstić information content (AvgIpc) is 1.68. The summed E-state index contributed by atoms with van der Waals surface area (Å²) in [4.78, 5) is 3.87. The van der Waals surface area contributed by atoms with Crippen LogP contribution in [-0.2, 0) is 0 Å². The molecule has 1 nitrogen and oxygen atoms in total. The minimum atomic E-state index is 0.0139. The summed E-state index contributed by atoms with van der Waals surface area (Å²) < 4.78 is 0. The van der Waals surface area contributed by atoms with Crippen molar-refractivity contribution in [2.45, 2.75) is 18.7 Å². The number of hydrogen-bond acceptors (Lipinski definition) is 2. The van der Waals surface area contributed by atoms with Gasteiger partial charge in [0.15, 0.2) is 0 Å². The molecule has 0 bridgehead atoms. The third-order valence-electron chi connectivity index (χ3n) is 0.880. The molecule has 2 heteroatoms. The Labute approximate surface area is 49.2 Å². The van der Waals surface area contributed by atoms with E-state index in [-0.39, 0.29) is 4.87 Å². The summed E-state index contributed by atoms with van der Waals surface area (Å²) in [6.45, 7) is 7.50. The first-order chi connectivity index (χ1) is 3.12. The fourth-order valence-corrected chi connectivity index (χ4v) is 0.194. The van der Waals surface area contributed by atoms with Crippen LogP contribution in [0.15, 0.2) is 4.99 Å². The predicted molar refractivity (Wildman–Crippen MR) is 37.1 cm³/mol. The largest absolute Gasteiger partial charge is 0.284 e.